The average Bonchev–Trinajstić information content (AvgIpc) is 2.00. The third-order valence-electron chi connectivity index (χ3n) is 3.21. The second-order valence-corrected chi connectivity index (χ2v) is 5.27. The molecule has 0 saturated heterocycles. The summed E-state index contributed by atoms with van der Waals surface area (Å²) in [5.41, 5.74) is 0.431. The van der Waals surface area contributed by atoms with Crippen LogP contribution in [0.25, 0.3) is 0 Å². The summed E-state index contributed by atoms with van der Waals surface area (Å²) in [4.78, 5) is 10.4. The molecular weight excluding hydrogens is 178 g/mol. The fourth-order valence-corrected chi connectivity index (χ4v) is 2.47. The lowest BCUT2D eigenvalue weighted by Gasteiger charge is -2.39. The van der Waals surface area contributed by atoms with Crippen molar-refractivity contribution in [1.29, 1.82) is 0 Å². The van der Waals surface area contributed by atoms with Crippen molar-refractivity contribution >= 4 is 5.97 Å². The first-order valence-electron chi connectivity index (χ1n) is 5.36. The van der Waals surface area contributed by atoms with Crippen LogP contribution < -0.4 is 5.32 Å². The van der Waals surface area contributed by atoms with Crippen molar-refractivity contribution in [3.05, 3.63) is 0 Å². The van der Waals surface area contributed by atoms with Crippen LogP contribution in [0.2, 0.25) is 0 Å². The normalized spacial score (nSPS) is 31.4. The fourth-order valence-electron chi connectivity index (χ4n) is 2.47. The summed E-state index contributed by atoms with van der Waals surface area (Å²) in [6, 6.07) is 0.388. The molecule has 0 radical (unpaired) electrons. The summed E-state index contributed by atoms with van der Waals surface area (Å²) < 4.78 is 0. The van der Waals surface area contributed by atoms with Crippen molar-refractivity contribution < 1.29 is 9.90 Å². The van der Waals surface area contributed by atoms with Crippen LogP contribution in [0.5, 0.6) is 0 Å². The van der Waals surface area contributed by atoms with Crippen LogP contribution in [0.15, 0.2) is 0 Å². The van der Waals surface area contributed by atoms with Crippen LogP contribution in [0, 0.1) is 11.3 Å². The van der Waals surface area contributed by atoms with E-state index in [2.05, 4.69) is 26.1 Å². The first kappa shape index (κ1) is 11.5. The zero-order chi connectivity index (χ0) is 10.8. The number of carboxylic acids is 1. The Labute approximate surface area is 85.9 Å². The van der Waals surface area contributed by atoms with Gasteiger partial charge < -0.3 is 10.4 Å². The van der Waals surface area contributed by atoms with Gasteiger partial charge in [-0.15, -0.1) is 0 Å². The molecule has 2 atom stereocenters. The summed E-state index contributed by atoms with van der Waals surface area (Å²) in [7, 11) is 0. The van der Waals surface area contributed by atoms with Gasteiger partial charge in [-0.1, -0.05) is 20.8 Å². The molecule has 1 saturated carbocycles. The van der Waals surface area contributed by atoms with E-state index in [1.54, 1.807) is 0 Å². The largest absolute Gasteiger partial charge is 0.480 e. The Hall–Kier alpha value is -0.570. The monoisotopic (exact) mass is 199 g/mol. The van der Waals surface area contributed by atoms with Crippen molar-refractivity contribution in [2.24, 2.45) is 11.3 Å². The molecule has 0 amide bonds. The highest BCUT2D eigenvalue weighted by atomic mass is 16.4. The van der Waals surface area contributed by atoms with E-state index in [-0.39, 0.29) is 6.54 Å². The zero-order valence-electron chi connectivity index (χ0n) is 9.34. The average molecular weight is 199 g/mol. The first-order chi connectivity index (χ1) is 6.41. The summed E-state index contributed by atoms with van der Waals surface area (Å²) >= 11 is 0. The van der Waals surface area contributed by atoms with Gasteiger partial charge in [0.15, 0.2) is 0 Å². The number of nitrogens with one attached hydrogen (secondary N) is 1. The van der Waals surface area contributed by atoms with E-state index >= 15 is 0 Å². The van der Waals surface area contributed by atoms with E-state index < -0.39 is 5.97 Å². The minimum Gasteiger partial charge on any atom is -0.480 e. The van der Waals surface area contributed by atoms with Gasteiger partial charge in [0, 0.05) is 6.04 Å². The lowest BCUT2D eigenvalue weighted by Crippen LogP contribution is -2.43. The van der Waals surface area contributed by atoms with Gasteiger partial charge in [-0.25, -0.2) is 0 Å². The topological polar surface area (TPSA) is 49.3 Å². The molecule has 0 spiro atoms. The van der Waals surface area contributed by atoms with Crippen molar-refractivity contribution in [2.45, 2.75) is 46.1 Å². The summed E-state index contributed by atoms with van der Waals surface area (Å²) in [5.74, 6) is -0.180. The predicted octanol–water partition coefficient (Wildman–Crippen LogP) is 1.88. The summed E-state index contributed by atoms with van der Waals surface area (Å²) in [5, 5.41) is 11.7. The Morgan fingerprint density at radius 1 is 1.57 bits per heavy atom. The predicted molar refractivity (Wildman–Crippen MR) is 56.2 cm³/mol. The number of hydrogen-bond donors (Lipinski definition) is 2. The molecule has 0 aromatic carbocycles. The van der Waals surface area contributed by atoms with E-state index in [4.69, 9.17) is 5.11 Å². The van der Waals surface area contributed by atoms with E-state index in [9.17, 15) is 4.79 Å². The van der Waals surface area contributed by atoms with E-state index in [1.165, 1.54) is 12.8 Å². The van der Waals surface area contributed by atoms with Gasteiger partial charge in [-0.2, -0.15) is 0 Å². The summed E-state index contributed by atoms with van der Waals surface area (Å²) in [6.45, 7) is 6.88. The van der Waals surface area contributed by atoms with Crippen LogP contribution >= 0.6 is 0 Å². The number of hydrogen-bond acceptors (Lipinski definition) is 2. The van der Waals surface area contributed by atoms with Crippen LogP contribution in [0.4, 0.5) is 0 Å². The van der Waals surface area contributed by atoms with Gasteiger partial charge in [-0.05, 0) is 30.6 Å². The van der Waals surface area contributed by atoms with Gasteiger partial charge in [0.1, 0.15) is 0 Å². The Morgan fingerprint density at radius 2 is 2.21 bits per heavy atom. The Morgan fingerprint density at radius 3 is 2.71 bits per heavy atom. The second kappa shape index (κ2) is 4.30. The molecule has 1 fully saturated rings. The van der Waals surface area contributed by atoms with Gasteiger partial charge in [0.25, 0.3) is 0 Å². The molecule has 1 rings (SSSR count). The standard InChI is InChI=1S/C11H21NO2/c1-8-6-11(2,3)5-4-9(8)12-7-10(13)14/h8-9,12H,4-7H2,1-3H3,(H,13,14). The molecule has 0 aromatic heterocycles. The lowest BCUT2D eigenvalue weighted by atomic mass is 9.70. The van der Waals surface area contributed by atoms with Crippen molar-refractivity contribution in [3.63, 3.8) is 0 Å². The Balaban J connectivity index is 2.38. The molecule has 14 heavy (non-hydrogen) atoms. The van der Waals surface area contributed by atoms with Crippen LogP contribution in [-0.2, 0) is 4.79 Å². The van der Waals surface area contributed by atoms with Crippen LogP contribution in [-0.4, -0.2) is 23.7 Å². The van der Waals surface area contributed by atoms with Crippen LogP contribution in [0.3, 0.4) is 0 Å². The highest BCUT2D eigenvalue weighted by Gasteiger charge is 2.32. The van der Waals surface area contributed by atoms with Crippen LogP contribution in [0.1, 0.15) is 40.0 Å². The molecule has 0 aromatic rings. The minimum absolute atomic E-state index is 0.0927. The third kappa shape index (κ3) is 3.29. The molecule has 2 N–H and O–H groups in total. The zero-order valence-corrected chi connectivity index (χ0v) is 9.34. The van der Waals surface area contributed by atoms with E-state index in [1.807, 2.05) is 0 Å². The smallest absolute Gasteiger partial charge is 0.317 e. The maximum absolute atomic E-state index is 10.4. The second-order valence-electron chi connectivity index (χ2n) is 5.27. The SMILES string of the molecule is CC1CC(C)(C)CCC1NCC(=O)O. The van der Waals surface area contributed by atoms with Crippen molar-refractivity contribution in [2.75, 3.05) is 6.54 Å². The van der Waals surface area contributed by atoms with Gasteiger partial charge in [0.05, 0.1) is 6.54 Å². The number of carboxylic acid groups (broad SMARTS) is 1. The minimum atomic E-state index is -0.762. The molecule has 1 aliphatic rings. The van der Waals surface area contributed by atoms with Gasteiger partial charge in [-0.3, -0.25) is 4.79 Å². The molecular formula is C11H21NO2. The molecule has 1 aliphatic carbocycles. The Bertz CT molecular complexity index is 213. The van der Waals surface area contributed by atoms with E-state index in [0.717, 1.165) is 6.42 Å². The molecule has 82 valence electrons. The third-order valence-corrected chi connectivity index (χ3v) is 3.21. The Kier molecular flexibility index (Phi) is 3.53. The van der Waals surface area contributed by atoms with Gasteiger partial charge >= 0.3 is 5.97 Å². The molecule has 0 bridgehead atoms. The van der Waals surface area contributed by atoms with E-state index in [0.29, 0.717) is 17.4 Å². The molecule has 3 heteroatoms. The fraction of sp³-hybridized carbons (Fsp3) is 0.909. The first-order valence-corrected chi connectivity index (χ1v) is 5.36. The van der Waals surface area contributed by atoms with Crippen molar-refractivity contribution in [3.8, 4) is 0 Å². The lowest BCUT2D eigenvalue weighted by molar-refractivity contribution is -0.136. The molecule has 3 nitrogen and oxygen atoms in total. The molecule has 2 unspecified atom stereocenters. The van der Waals surface area contributed by atoms with Crippen molar-refractivity contribution in [1.82, 2.24) is 5.32 Å². The number of aliphatic carboxylic acids is 1. The highest BCUT2D eigenvalue weighted by molar-refractivity contribution is 5.69. The molecule has 0 aliphatic heterocycles. The maximum Gasteiger partial charge on any atom is 0.317 e. The quantitative estimate of drug-likeness (QED) is 0.729. The van der Waals surface area contributed by atoms with Gasteiger partial charge in [0.2, 0.25) is 0 Å². The highest BCUT2D eigenvalue weighted by Crippen LogP contribution is 2.38. The molecule has 0 heterocycles. The maximum atomic E-state index is 10.4. The number of rotatable bonds is 3. The summed E-state index contributed by atoms with van der Waals surface area (Å²) in [6.07, 6.45) is 3.47. The number of carbonyl (C=O) groups is 1.